The molecule has 0 bridgehead atoms. The van der Waals surface area contributed by atoms with Gasteiger partial charge in [-0.05, 0) is 110 Å². The van der Waals surface area contributed by atoms with E-state index in [0.717, 1.165) is 57.8 Å². The van der Waals surface area contributed by atoms with Crippen LogP contribution in [0.15, 0.2) is 0 Å². The standard InChI is InChI=1S/C58H86O21/c1-29(2)57-25-24-56(28-69-50-48(74-36(9)65)46(72-34(7)63)44(70-32(5)61)38(76-50)26-67-30(3)59)23-22-55(15)42(58(56,57)79-57)17-16-41-53(13)20-19-43(52(11,12)40(53)18-21-54(41,55)14)78-51-49(75-37(10)66)47(73-35(8)64)45(71-33(6)62)39(77-51)27-68-31(4)60/h29,38-51H,16-28H2,1-15H3/t38-,39-,40+,41-,42+,43+,44-,45-,46+,47+,48-,49-,50-,51+,53+,54-,55-,56+,57-,58-/m1/s1. The van der Waals surface area contributed by atoms with Crippen LogP contribution in [0.25, 0.3) is 0 Å². The summed E-state index contributed by atoms with van der Waals surface area (Å²) in [6, 6.07) is 0. The van der Waals surface area contributed by atoms with Crippen molar-refractivity contribution < 1.29 is 99.9 Å². The van der Waals surface area contributed by atoms with Gasteiger partial charge in [-0.2, -0.15) is 0 Å². The molecule has 444 valence electrons. The fraction of sp³-hybridized carbons (Fsp3) is 0.862. The molecule has 0 radical (unpaired) electrons. The van der Waals surface area contributed by atoms with Gasteiger partial charge in [-0.3, -0.25) is 38.4 Å². The average Bonchev–Trinajstić information content (AvgIpc) is 1.78. The summed E-state index contributed by atoms with van der Waals surface area (Å²) in [7, 11) is 0. The zero-order chi connectivity index (χ0) is 58.2. The number of hydrogen-bond donors (Lipinski definition) is 0. The number of epoxide rings is 1. The average molecular weight is 1120 g/mol. The van der Waals surface area contributed by atoms with Crippen LogP contribution in [0.3, 0.4) is 0 Å². The number of hydrogen-bond acceptors (Lipinski definition) is 21. The van der Waals surface area contributed by atoms with Gasteiger partial charge in [0, 0.05) is 60.8 Å². The third-order valence-electron chi connectivity index (χ3n) is 20.8. The minimum atomic E-state index is -1.36. The summed E-state index contributed by atoms with van der Waals surface area (Å²) < 4.78 is 79.5. The molecule has 1 spiro atoms. The third-order valence-corrected chi connectivity index (χ3v) is 20.8. The molecule has 8 rings (SSSR count). The van der Waals surface area contributed by atoms with Crippen LogP contribution in [0.5, 0.6) is 0 Å². The summed E-state index contributed by atoms with van der Waals surface area (Å²) in [6.07, 6.45) is -4.80. The van der Waals surface area contributed by atoms with Gasteiger partial charge < -0.3 is 61.6 Å². The van der Waals surface area contributed by atoms with Crippen molar-refractivity contribution in [1.82, 2.24) is 0 Å². The largest absolute Gasteiger partial charge is 0.463 e. The van der Waals surface area contributed by atoms with Crippen molar-refractivity contribution in [2.45, 2.75) is 247 Å². The molecule has 3 heterocycles. The summed E-state index contributed by atoms with van der Waals surface area (Å²) >= 11 is 0. The number of carbonyl (C=O) groups excluding carboxylic acids is 8. The van der Waals surface area contributed by atoms with Gasteiger partial charge in [0.2, 0.25) is 0 Å². The number of esters is 8. The fourth-order valence-corrected chi connectivity index (χ4v) is 17.6. The van der Waals surface area contributed by atoms with Crippen molar-refractivity contribution in [2.24, 2.45) is 50.7 Å². The van der Waals surface area contributed by atoms with E-state index in [0.29, 0.717) is 12.3 Å². The monoisotopic (exact) mass is 1120 g/mol. The highest BCUT2D eigenvalue weighted by atomic mass is 16.8. The lowest BCUT2D eigenvalue weighted by Crippen LogP contribution is -2.69. The van der Waals surface area contributed by atoms with E-state index in [1.807, 2.05) is 0 Å². The maximum Gasteiger partial charge on any atom is 0.303 e. The number of fused-ring (bicyclic) bond motifs is 5. The maximum atomic E-state index is 12.8. The maximum absolute atomic E-state index is 12.8. The molecule has 8 fully saturated rings. The SMILES string of the molecule is CC(=O)OC[C@H]1O[C@@H](OC[C@]23CC[C@]4(C(C)C)O[C@]24[C@H]2CC[C@@H]4[C@@]5(C)CC[C@H](O[C@@H]6O[C@H](COC(C)=O)[C@@H](OC(C)=O)[C@H](OC(C)=O)[C@H]6OC(C)=O)C(C)(C)[C@@H]5CC[C@@]4(C)[C@]2(C)CC3)[C@H](OC(C)=O)[C@@H](OC(C)=O)[C@@H]1OC(C)=O. The van der Waals surface area contributed by atoms with Gasteiger partial charge in [-0.1, -0.05) is 48.5 Å². The molecule has 5 aliphatic carbocycles. The second kappa shape index (κ2) is 22.0. The van der Waals surface area contributed by atoms with Crippen LogP contribution in [-0.2, 0) is 99.9 Å². The minimum Gasteiger partial charge on any atom is -0.463 e. The van der Waals surface area contributed by atoms with E-state index in [1.54, 1.807) is 0 Å². The van der Waals surface area contributed by atoms with Gasteiger partial charge in [0.05, 0.1) is 12.7 Å². The second-order valence-corrected chi connectivity index (χ2v) is 25.7. The molecule has 5 saturated carbocycles. The van der Waals surface area contributed by atoms with Crippen molar-refractivity contribution in [2.75, 3.05) is 19.8 Å². The summed E-state index contributed by atoms with van der Waals surface area (Å²) in [4.78, 5) is 99.9. The molecule has 79 heavy (non-hydrogen) atoms. The first-order valence-corrected chi connectivity index (χ1v) is 28.4. The predicted molar refractivity (Wildman–Crippen MR) is 273 cm³/mol. The highest BCUT2D eigenvalue weighted by Gasteiger charge is 2.89. The first-order valence-electron chi connectivity index (χ1n) is 28.4. The molecule has 0 N–H and O–H groups in total. The summed E-state index contributed by atoms with van der Waals surface area (Å²) in [6.45, 7) is 25.5. The molecular formula is C58H86O21. The highest BCUT2D eigenvalue weighted by molar-refractivity contribution is 5.70. The van der Waals surface area contributed by atoms with Gasteiger partial charge in [-0.25, -0.2) is 0 Å². The van der Waals surface area contributed by atoms with E-state index in [-0.39, 0.29) is 53.8 Å². The first kappa shape index (κ1) is 60.7. The smallest absolute Gasteiger partial charge is 0.303 e. The normalized spacial score (nSPS) is 43.4. The van der Waals surface area contributed by atoms with Crippen LogP contribution < -0.4 is 0 Å². The molecule has 3 saturated heterocycles. The Bertz CT molecular complexity index is 2390. The van der Waals surface area contributed by atoms with Crippen molar-refractivity contribution in [1.29, 1.82) is 0 Å². The number of rotatable bonds is 16. The molecule has 21 heteroatoms. The lowest BCUT2D eigenvalue weighted by Gasteiger charge is -2.73. The fourth-order valence-electron chi connectivity index (χ4n) is 17.6. The molecule has 0 unspecified atom stereocenters. The minimum absolute atomic E-state index is 0.121. The summed E-state index contributed by atoms with van der Waals surface area (Å²) in [5.41, 5.74) is -2.36. The first-order chi connectivity index (χ1) is 36.8. The van der Waals surface area contributed by atoms with Crippen LogP contribution >= 0.6 is 0 Å². The molecule has 0 aromatic rings. The Hall–Kier alpha value is -4.44. The van der Waals surface area contributed by atoms with Crippen molar-refractivity contribution in [3.8, 4) is 0 Å². The van der Waals surface area contributed by atoms with E-state index in [9.17, 15) is 38.4 Å². The van der Waals surface area contributed by atoms with Crippen molar-refractivity contribution in [3.05, 3.63) is 0 Å². The lowest BCUT2D eigenvalue weighted by molar-refractivity contribution is -0.335. The topological polar surface area (TPSA) is 260 Å². The van der Waals surface area contributed by atoms with E-state index in [2.05, 4.69) is 48.5 Å². The zero-order valence-corrected chi connectivity index (χ0v) is 48.9. The van der Waals surface area contributed by atoms with Crippen molar-refractivity contribution in [3.63, 3.8) is 0 Å². The highest BCUT2D eigenvalue weighted by Crippen LogP contribution is 2.85. The van der Waals surface area contributed by atoms with Crippen LogP contribution in [0.1, 0.15) is 168 Å². The van der Waals surface area contributed by atoms with E-state index >= 15 is 0 Å². The molecule has 8 aliphatic rings. The quantitative estimate of drug-likeness (QED) is 0.0685. The Kier molecular flexibility index (Phi) is 16.9. The Balaban J connectivity index is 1.07. The number of carbonyl (C=O) groups is 8. The Labute approximate surface area is 463 Å². The number of ether oxygens (including phenoxy) is 13. The third kappa shape index (κ3) is 10.5. The second-order valence-electron chi connectivity index (χ2n) is 25.7. The zero-order valence-electron chi connectivity index (χ0n) is 48.9. The van der Waals surface area contributed by atoms with Crippen LogP contribution in [0.2, 0.25) is 0 Å². The molecular weight excluding hydrogens is 1030 g/mol. The van der Waals surface area contributed by atoms with Crippen LogP contribution in [0.4, 0.5) is 0 Å². The van der Waals surface area contributed by atoms with E-state index in [4.69, 9.17) is 61.6 Å². The molecule has 0 aromatic carbocycles. The Morgan fingerprint density at radius 3 is 1.39 bits per heavy atom. The molecule has 3 aliphatic heterocycles. The van der Waals surface area contributed by atoms with Crippen molar-refractivity contribution >= 4 is 47.8 Å². The molecule has 0 aromatic heterocycles. The van der Waals surface area contributed by atoms with Crippen LogP contribution in [-0.4, -0.2) is 146 Å². The van der Waals surface area contributed by atoms with Gasteiger partial charge in [0.15, 0.2) is 49.2 Å². The summed E-state index contributed by atoms with van der Waals surface area (Å²) in [5.74, 6) is -4.66. The van der Waals surface area contributed by atoms with Gasteiger partial charge in [0.25, 0.3) is 0 Å². The molecule has 0 amide bonds. The van der Waals surface area contributed by atoms with Crippen LogP contribution in [0, 0.1) is 50.7 Å². The van der Waals surface area contributed by atoms with Gasteiger partial charge in [-0.15, -0.1) is 0 Å². The Morgan fingerprint density at radius 2 is 0.911 bits per heavy atom. The lowest BCUT2D eigenvalue weighted by atomic mass is 9.32. The molecule has 20 atom stereocenters. The summed E-state index contributed by atoms with van der Waals surface area (Å²) in [5, 5.41) is 0. The molecule has 21 nitrogen and oxygen atoms in total. The van der Waals surface area contributed by atoms with Gasteiger partial charge in [0.1, 0.15) is 36.6 Å². The Morgan fingerprint density at radius 1 is 0.468 bits per heavy atom. The van der Waals surface area contributed by atoms with E-state index in [1.165, 1.54) is 55.4 Å². The predicted octanol–water partition coefficient (Wildman–Crippen LogP) is 6.57. The van der Waals surface area contributed by atoms with Gasteiger partial charge >= 0.3 is 47.8 Å². The van der Waals surface area contributed by atoms with E-state index < -0.39 is 137 Å².